The van der Waals surface area contributed by atoms with Gasteiger partial charge in [-0.1, -0.05) is 36.9 Å². The van der Waals surface area contributed by atoms with Crippen molar-refractivity contribution in [1.82, 2.24) is 9.88 Å². The van der Waals surface area contributed by atoms with E-state index in [1.54, 1.807) is 7.11 Å². The van der Waals surface area contributed by atoms with Crippen LogP contribution in [0.2, 0.25) is 0 Å². The molecular weight excluding hydrogens is 441 g/mol. The maximum atomic E-state index is 14.6. The molecule has 2 aromatic rings. The Morgan fingerprint density at radius 3 is 3.03 bits per heavy atom. The summed E-state index contributed by atoms with van der Waals surface area (Å²) in [4.78, 5) is 11.5. The van der Waals surface area contributed by atoms with Crippen LogP contribution in [0, 0.1) is 11.7 Å². The third-order valence-electron chi connectivity index (χ3n) is 6.75. The SMILES string of the molecule is CCC1CC(CCCc2c(F)cnc3ccc(OC)cc23)CCN1CCSC1=NCCS1. The van der Waals surface area contributed by atoms with E-state index >= 15 is 0 Å². The van der Waals surface area contributed by atoms with Crippen molar-refractivity contribution >= 4 is 38.8 Å². The number of piperidine rings is 1. The Morgan fingerprint density at radius 1 is 1.34 bits per heavy atom. The zero-order valence-electron chi connectivity index (χ0n) is 19.2. The van der Waals surface area contributed by atoms with E-state index in [1.807, 2.05) is 41.7 Å². The van der Waals surface area contributed by atoms with Crippen LogP contribution in [0.3, 0.4) is 0 Å². The summed E-state index contributed by atoms with van der Waals surface area (Å²) < 4.78 is 21.2. The first kappa shape index (κ1) is 23.8. The zero-order chi connectivity index (χ0) is 22.3. The van der Waals surface area contributed by atoms with Gasteiger partial charge in [-0.2, -0.15) is 0 Å². The van der Waals surface area contributed by atoms with Crippen molar-refractivity contribution in [2.75, 3.05) is 38.2 Å². The minimum absolute atomic E-state index is 0.200. The number of thioether (sulfide) groups is 2. The lowest BCUT2D eigenvalue weighted by Gasteiger charge is -2.39. The van der Waals surface area contributed by atoms with Crippen molar-refractivity contribution in [2.24, 2.45) is 10.9 Å². The number of aryl methyl sites for hydroxylation is 1. The van der Waals surface area contributed by atoms with Gasteiger partial charge in [0.1, 0.15) is 15.9 Å². The van der Waals surface area contributed by atoms with Crippen molar-refractivity contribution in [3.05, 3.63) is 35.8 Å². The number of rotatable bonds is 9. The normalized spacial score (nSPS) is 21.8. The van der Waals surface area contributed by atoms with E-state index in [2.05, 4.69) is 21.8 Å². The molecule has 4 nitrogen and oxygen atoms in total. The quantitative estimate of drug-likeness (QED) is 0.443. The Bertz CT molecular complexity index is 939. The maximum absolute atomic E-state index is 14.6. The molecule has 1 saturated heterocycles. The van der Waals surface area contributed by atoms with Gasteiger partial charge in [-0.3, -0.25) is 14.9 Å². The second kappa shape index (κ2) is 11.7. The lowest BCUT2D eigenvalue weighted by Crippen LogP contribution is -2.43. The van der Waals surface area contributed by atoms with E-state index in [4.69, 9.17) is 4.74 Å². The van der Waals surface area contributed by atoms with Crippen LogP contribution in [0.25, 0.3) is 10.9 Å². The van der Waals surface area contributed by atoms with Crippen LogP contribution in [0.15, 0.2) is 29.4 Å². The van der Waals surface area contributed by atoms with Gasteiger partial charge < -0.3 is 4.74 Å². The second-order valence-corrected chi connectivity index (χ2v) is 11.1. The highest BCUT2D eigenvalue weighted by Crippen LogP contribution is 2.31. The van der Waals surface area contributed by atoms with Gasteiger partial charge in [-0.25, -0.2) is 4.39 Å². The fourth-order valence-corrected chi connectivity index (χ4v) is 7.02. The first-order valence-corrected chi connectivity index (χ1v) is 13.8. The molecule has 2 aliphatic rings. The number of fused-ring (bicyclic) bond motifs is 1. The number of likely N-dealkylation sites (tertiary alicyclic amines) is 1. The molecular formula is C25H34FN3OS2. The largest absolute Gasteiger partial charge is 0.497 e. The smallest absolute Gasteiger partial charge is 0.145 e. The number of methoxy groups -OCH3 is 1. The molecule has 4 rings (SSSR count). The van der Waals surface area contributed by atoms with Crippen LogP contribution in [-0.2, 0) is 6.42 Å². The number of aromatic nitrogens is 1. The number of nitrogens with zero attached hydrogens (tertiary/aromatic N) is 3. The van der Waals surface area contributed by atoms with Gasteiger partial charge in [0, 0.05) is 29.5 Å². The van der Waals surface area contributed by atoms with E-state index in [0.717, 1.165) is 65.6 Å². The van der Waals surface area contributed by atoms with Gasteiger partial charge in [0.2, 0.25) is 0 Å². The molecule has 0 aliphatic carbocycles. The zero-order valence-corrected chi connectivity index (χ0v) is 20.8. The Labute approximate surface area is 199 Å². The number of hydrogen-bond acceptors (Lipinski definition) is 6. The molecule has 1 fully saturated rings. The highest BCUT2D eigenvalue weighted by molar-refractivity contribution is 8.39. The van der Waals surface area contributed by atoms with Gasteiger partial charge in [0.25, 0.3) is 0 Å². The topological polar surface area (TPSA) is 37.7 Å². The lowest BCUT2D eigenvalue weighted by molar-refractivity contribution is 0.111. The molecule has 3 heterocycles. The van der Waals surface area contributed by atoms with Gasteiger partial charge in [-0.05, 0) is 68.3 Å². The molecule has 0 N–H and O–H groups in total. The first-order valence-electron chi connectivity index (χ1n) is 11.8. The summed E-state index contributed by atoms with van der Waals surface area (Å²) >= 11 is 3.83. The molecule has 32 heavy (non-hydrogen) atoms. The highest BCUT2D eigenvalue weighted by Gasteiger charge is 2.27. The van der Waals surface area contributed by atoms with E-state index < -0.39 is 0 Å². The Balaban J connectivity index is 1.28. The third-order valence-corrected chi connectivity index (χ3v) is 8.99. The van der Waals surface area contributed by atoms with E-state index in [9.17, 15) is 4.39 Å². The summed E-state index contributed by atoms with van der Waals surface area (Å²) in [5, 5.41) is 0.883. The minimum Gasteiger partial charge on any atom is -0.497 e. The second-order valence-electron chi connectivity index (χ2n) is 8.69. The van der Waals surface area contributed by atoms with Crippen molar-refractivity contribution in [3.8, 4) is 5.75 Å². The van der Waals surface area contributed by atoms with Crippen LogP contribution >= 0.6 is 23.5 Å². The van der Waals surface area contributed by atoms with Crippen molar-refractivity contribution < 1.29 is 9.13 Å². The number of ether oxygens (including phenoxy) is 1. The summed E-state index contributed by atoms with van der Waals surface area (Å²) in [6, 6.07) is 6.39. The average Bonchev–Trinajstić information content (AvgIpc) is 3.34. The molecule has 1 aromatic carbocycles. The predicted molar refractivity (Wildman–Crippen MR) is 137 cm³/mol. The van der Waals surface area contributed by atoms with Crippen LogP contribution in [0.4, 0.5) is 4.39 Å². The summed E-state index contributed by atoms with van der Waals surface area (Å²) in [5.41, 5.74) is 1.62. The predicted octanol–water partition coefficient (Wildman–Crippen LogP) is 6.03. The Kier molecular flexibility index (Phi) is 8.72. The van der Waals surface area contributed by atoms with Gasteiger partial charge >= 0.3 is 0 Å². The highest BCUT2D eigenvalue weighted by atomic mass is 32.2. The van der Waals surface area contributed by atoms with E-state index in [1.165, 1.54) is 42.8 Å². The number of aliphatic imine (C=N–C) groups is 1. The lowest BCUT2D eigenvalue weighted by atomic mass is 9.85. The number of halogens is 1. The number of benzene rings is 1. The first-order chi connectivity index (χ1) is 15.7. The van der Waals surface area contributed by atoms with Gasteiger partial charge in [0.15, 0.2) is 0 Å². The van der Waals surface area contributed by atoms with Gasteiger partial charge in [-0.15, -0.1) is 0 Å². The summed E-state index contributed by atoms with van der Waals surface area (Å²) in [5.74, 6) is 3.59. The van der Waals surface area contributed by atoms with Crippen LogP contribution < -0.4 is 4.74 Å². The Morgan fingerprint density at radius 2 is 2.25 bits per heavy atom. The summed E-state index contributed by atoms with van der Waals surface area (Å²) in [7, 11) is 1.64. The van der Waals surface area contributed by atoms with Gasteiger partial charge in [0.05, 0.1) is 25.4 Å². The minimum atomic E-state index is -0.200. The molecule has 174 valence electrons. The molecule has 2 atom stereocenters. The molecule has 1 aromatic heterocycles. The van der Waals surface area contributed by atoms with Crippen LogP contribution in [0.1, 0.15) is 44.6 Å². The van der Waals surface area contributed by atoms with Crippen molar-refractivity contribution in [3.63, 3.8) is 0 Å². The molecule has 0 spiro atoms. The fourth-order valence-electron chi connectivity index (χ4n) is 4.97. The standard InChI is InChI=1S/C25H34FN3OS2/c1-3-19-15-18(9-11-29(19)12-14-32-25-27-10-13-31-25)5-4-6-21-22-16-20(30-2)7-8-24(22)28-17-23(21)26/h7-8,16-19H,3-6,9-15H2,1-2H3. The maximum Gasteiger partial charge on any atom is 0.145 e. The molecule has 0 amide bonds. The average molecular weight is 476 g/mol. The molecule has 7 heteroatoms. The molecule has 0 radical (unpaired) electrons. The molecule has 0 saturated carbocycles. The molecule has 2 unspecified atom stereocenters. The van der Waals surface area contributed by atoms with Crippen molar-refractivity contribution in [1.29, 1.82) is 0 Å². The number of pyridine rings is 1. The van der Waals surface area contributed by atoms with E-state index in [0.29, 0.717) is 6.04 Å². The van der Waals surface area contributed by atoms with E-state index in [-0.39, 0.29) is 5.82 Å². The Hall–Kier alpha value is -1.31. The summed E-state index contributed by atoms with van der Waals surface area (Å²) in [6.45, 7) is 5.65. The van der Waals surface area contributed by atoms with Crippen LogP contribution in [0.5, 0.6) is 5.75 Å². The molecule has 0 bridgehead atoms. The van der Waals surface area contributed by atoms with Crippen LogP contribution in [-0.4, -0.2) is 58.6 Å². The van der Waals surface area contributed by atoms with Crippen molar-refractivity contribution in [2.45, 2.75) is 51.5 Å². The fraction of sp³-hybridized carbons (Fsp3) is 0.600. The summed E-state index contributed by atoms with van der Waals surface area (Å²) in [6.07, 6.45) is 8.03. The monoisotopic (exact) mass is 475 g/mol. The third kappa shape index (κ3) is 5.97. The number of hydrogen-bond donors (Lipinski definition) is 0. The molecule has 2 aliphatic heterocycles.